The Balaban J connectivity index is 1.83. The number of benzene rings is 1. The molecular weight excluding hydrogens is 257 g/mol. The van der Waals surface area contributed by atoms with Crippen molar-refractivity contribution in [2.45, 2.75) is 12.5 Å². The number of H-pyrrole nitrogens is 1. The number of halogens is 1. The van der Waals surface area contributed by atoms with E-state index in [1.54, 1.807) is 6.07 Å². The van der Waals surface area contributed by atoms with Crippen LogP contribution in [0.5, 0.6) is 0 Å². The molecule has 0 aliphatic carbocycles. The fourth-order valence-corrected chi connectivity index (χ4v) is 3.83. The molecule has 0 radical (unpaired) electrons. The highest BCUT2D eigenvalue weighted by atomic mass is 32.2. The van der Waals surface area contributed by atoms with Gasteiger partial charge >= 0.3 is 0 Å². The molecule has 7 heteroatoms. The third kappa shape index (κ3) is 2.17. The number of aromatic amines is 1. The Labute approximate surface area is 103 Å². The van der Waals surface area contributed by atoms with Gasteiger partial charge in [-0.3, -0.25) is 0 Å². The van der Waals surface area contributed by atoms with Gasteiger partial charge in [0.05, 0.1) is 22.5 Å². The van der Waals surface area contributed by atoms with Crippen molar-refractivity contribution in [3.8, 4) is 0 Å². The van der Waals surface area contributed by atoms with Gasteiger partial charge in [0.1, 0.15) is 5.82 Å². The Kier molecular flexibility index (Phi) is 2.51. The predicted octanol–water partition coefficient (Wildman–Crippen LogP) is 1.30. The Morgan fingerprint density at radius 1 is 1.44 bits per heavy atom. The summed E-state index contributed by atoms with van der Waals surface area (Å²) >= 11 is 0. The molecule has 1 saturated heterocycles. The fraction of sp³-hybridized carbons (Fsp3) is 0.364. The van der Waals surface area contributed by atoms with E-state index in [4.69, 9.17) is 0 Å². The van der Waals surface area contributed by atoms with E-state index in [2.05, 4.69) is 15.3 Å². The first-order valence-electron chi connectivity index (χ1n) is 5.64. The number of sulfone groups is 1. The fourth-order valence-electron chi connectivity index (χ4n) is 2.15. The molecule has 2 aromatic rings. The van der Waals surface area contributed by atoms with Gasteiger partial charge in [0.25, 0.3) is 0 Å². The van der Waals surface area contributed by atoms with Crippen molar-refractivity contribution in [1.82, 2.24) is 9.97 Å². The standard InChI is InChI=1S/C11H12FN3O2S/c12-7-1-2-9-10(5-7)15-11(14-9)13-8-3-4-18(16,17)6-8/h1-2,5,8H,3-4,6H2,(H2,13,14,15). The number of imidazole rings is 1. The van der Waals surface area contributed by atoms with Gasteiger partial charge in [-0.25, -0.2) is 17.8 Å². The average molecular weight is 269 g/mol. The quantitative estimate of drug-likeness (QED) is 0.861. The second-order valence-electron chi connectivity index (χ2n) is 4.49. The highest BCUT2D eigenvalue weighted by molar-refractivity contribution is 7.91. The summed E-state index contributed by atoms with van der Waals surface area (Å²) in [7, 11) is -2.92. The normalized spacial score (nSPS) is 22.4. The number of anilines is 1. The molecule has 0 bridgehead atoms. The molecule has 0 amide bonds. The third-order valence-corrected chi connectivity index (χ3v) is 4.79. The second-order valence-corrected chi connectivity index (χ2v) is 6.72. The van der Waals surface area contributed by atoms with Crippen LogP contribution in [0.2, 0.25) is 0 Å². The molecule has 5 nitrogen and oxygen atoms in total. The number of nitrogens with zero attached hydrogens (tertiary/aromatic N) is 1. The van der Waals surface area contributed by atoms with Crippen LogP contribution in [0.3, 0.4) is 0 Å². The molecule has 1 atom stereocenters. The summed E-state index contributed by atoms with van der Waals surface area (Å²) in [5.41, 5.74) is 1.25. The van der Waals surface area contributed by atoms with Gasteiger partial charge in [-0.2, -0.15) is 0 Å². The maximum Gasteiger partial charge on any atom is 0.201 e. The van der Waals surface area contributed by atoms with E-state index >= 15 is 0 Å². The molecule has 96 valence electrons. The lowest BCUT2D eigenvalue weighted by atomic mass is 10.3. The second kappa shape index (κ2) is 3.94. The lowest BCUT2D eigenvalue weighted by Gasteiger charge is -2.08. The van der Waals surface area contributed by atoms with Crippen LogP contribution in [-0.2, 0) is 9.84 Å². The Hall–Kier alpha value is -1.63. The highest BCUT2D eigenvalue weighted by Crippen LogP contribution is 2.19. The number of hydrogen-bond acceptors (Lipinski definition) is 4. The average Bonchev–Trinajstić information content (AvgIpc) is 2.81. The number of hydrogen-bond donors (Lipinski definition) is 2. The van der Waals surface area contributed by atoms with E-state index in [0.717, 1.165) is 0 Å². The lowest BCUT2D eigenvalue weighted by molar-refractivity contribution is 0.602. The highest BCUT2D eigenvalue weighted by Gasteiger charge is 2.28. The molecule has 1 aliphatic heterocycles. The minimum atomic E-state index is -2.92. The van der Waals surface area contributed by atoms with Crippen LogP contribution in [0.15, 0.2) is 18.2 Å². The van der Waals surface area contributed by atoms with Crippen molar-refractivity contribution in [1.29, 1.82) is 0 Å². The smallest absolute Gasteiger partial charge is 0.201 e. The van der Waals surface area contributed by atoms with Crippen LogP contribution in [0, 0.1) is 5.82 Å². The summed E-state index contributed by atoms with van der Waals surface area (Å²) in [6, 6.07) is 4.16. The minimum absolute atomic E-state index is 0.123. The van der Waals surface area contributed by atoms with Gasteiger partial charge in [0, 0.05) is 6.04 Å². The maximum absolute atomic E-state index is 13.0. The minimum Gasteiger partial charge on any atom is -0.352 e. The van der Waals surface area contributed by atoms with Crippen molar-refractivity contribution in [2.75, 3.05) is 16.8 Å². The molecule has 2 N–H and O–H groups in total. The van der Waals surface area contributed by atoms with E-state index in [9.17, 15) is 12.8 Å². The molecular formula is C11H12FN3O2S. The summed E-state index contributed by atoms with van der Waals surface area (Å²) in [6.45, 7) is 0. The number of nitrogens with one attached hydrogen (secondary N) is 2. The van der Waals surface area contributed by atoms with Crippen LogP contribution in [0.25, 0.3) is 11.0 Å². The van der Waals surface area contributed by atoms with Crippen molar-refractivity contribution in [3.05, 3.63) is 24.0 Å². The molecule has 3 rings (SSSR count). The van der Waals surface area contributed by atoms with Gasteiger partial charge in [0.15, 0.2) is 9.84 Å². The van der Waals surface area contributed by atoms with E-state index < -0.39 is 9.84 Å². The zero-order valence-corrected chi connectivity index (χ0v) is 10.3. The molecule has 2 heterocycles. The summed E-state index contributed by atoms with van der Waals surface area (Å²) in [5.74, 6) is 0.483. The van der Waals surface area contributed by atoms with Gasteiger partial charge in [-0.05, 0) is 24.6 Å². The topological polar surface area (TPSA) is 74.8 Å². The van der Waals surface area contributed by atoms with Crippen LogP contribution in [0.1, 0.15) is 6.42 Å². The summed E-state index contributed by atoms with van der Waals surface area (Å²) in [6.07, 6.45) is 0.577. The Morgan fingerprint density at radius 2 is 2.28 bits per heavy atom. The van der Waals surface area contributed by atoms with Crippen molar-refractivity contribution in [3.63, 3.8) is 0 Å². The van der Waals surface area contributed by atoms with Crippen molar-refractivity contribution in [2.24, 2.45) is 0 Å². The molecule has 0 spiro atoms. The molecule has 1 aromatic heterocycles. The molecule has 18 heavy (non-hydrogen) atoms. The number of aromatic nitrogens is 2. The molecule has 1 aromatic carbocycles. The molecule has 1 unspecified atom stereocenters. The molecule has 1 aliphatic rings. The summed E-state index contributed by atoms with van der Waals surface area (Å²) in [5, 5.41) is 3.04. The molecule has 0 saturated carbocycles. The lowest BCUT2D eigenvalue weighted by Crippen LogP contribution is -2.21. The zero-order chi connectivity index (χ0) is 12.8. The van der Waals surface area contributed by atoms with Crippen LogP contribution in [-0.4, -0.2) is 35.9 Å². The van der Waals surface area contributed by atoms with E-state index in [1.165, 1.54) is 12.1 Å². The predicted molar refractivity (Wildman–Crippen MR) is 66.7 cm³/mol. The Morgan fingerprint density at radius 3 is 3.00 bits per heavy atom. The number of fused-ring (bicyclic) bond motifs is 1. The first-order chi connectivity index (χ1) is 8.52. The van der Waals surface area contributed by atoms with E-state index in [-0.39, 0.29) is 23.4 Å². The van der Waals surface area contributed by atoms with Crippen molar-refractivity contribution < 1.29 is 12.8 Å². The first kappa shape index (κ1) is 11.5. The van der Waals surface area contributed by atoms with Crippen LogP contribution < -0.4 is 5.32 Å². The first-order valence-corrected chi connectivity index (χ1v) is 7.46. The van der Waals surface area contributed by atoms with E-state index in [0.29, 0.717) is 23.4 Å². The van der Waals surface area contributed by atoms with Crippen LogP contribution >= 0.6 is 0 Å². The van der Waals surface area contributed by atoms with Gasteiger partial charge in [0.2, 0.25) is 5.95 Å². The third-order valence-electron chi connectivity index (χ3n) is 3.02. The van der Waals surface area contributed by atoms with E-state index in [1.807, 2.05) is 0 Å². The summed E-state index contributed by atoms with van der Waals surface area (Å²) < 4.78 is 35.7. The molecule has 1 fully saturated rings. The Bertz CT molecular complexity index is 695. The summed E-state index contributed by atoms with van der Waals surface area (Å²) in [4.78, 5) is 7.17. The van der Waals surface area contributed by atoms with Gasteiger partial charge < -0.3 is 10.3 Å². The maximum atomic E-state index is 13.0. The number of rotatable bonds is 2. The van der Waals surface area contributed by atoms with Gasteiger partial charge in [-0.15, -0.1) is 0 Å². The zero-order valence-electron chi connectivity index (χ0n) is 9.48. The van der Waals surface area contributed by atoms with Crippen molar-refractivity contribution >= 4 is 26.8 Å². The monoisotopic (exact) mass is 269 g/mol. The largest absolute Gasteiger partial charge is 0.352 e. The van der Waals surface area contributed by atoms with Crippen LogP contribution in [0.4, 0.5) is 10.3 Å². The van der Waals surface area contributed by atoms with Gasteiger partial charge in [-0.1, -0.05) is 0 Å². The SMILES string of the molecule is O=S1(=O)CCC(Nc2nc3ccc(F)cc3[nH]2)C1.